The molecule has 1 amide bonds. The Hall–Kier alpha value is -2.30. The van der Waals surface area contributed by atoms with Gasteiger partial charge in [0.05, 0.1) is 0 Å². The molecule has 2 aliphatic rings. The maximum absolute atomic E-state index is 13.7. The zero-order valence-corrected chi connectivity index (χ0v) is 15.2. The van der Waals surface area contributed by atoms with Gasteiger partial charge in [-0.15, -0.1) is 0 Å². The first-order valence-electron chi connectivity index (χ1n) is 9.66. The van der Waals surface area contributed by atoms with Crippen molar-refractivity contribution < 1.29 is 13.6 Å². The van der Waals surface area contributed by atoms with Gasteiger partial charge in [0.15, 0.2) is 0 Å². The predicted octanol–water partition coefficient (Wildman–Crippen LogP) is 5.02. The fourth-order valence-electron chi connectivity index (χ4n) is 4.24. The minimum atomic E-state index is -2.57. The molecule has 2 saturated carbocycles. The summed E-state index contributed by atoms with van der Waals surface area (Å²) in [6.07, 6.45) is 5.02. The third kappa shape index (κ3) is 4.02. The third-order valence-corrected chi connectivity index (χ3v) is 5.93. The first-order chi connectivity index (χ1) is 12.9. The number of hydrogen-bond donors (Lipinski definition) is 1. The van der Waals surface area contributed by atoms with Crippen molar-refractivity contribution in [2.45, 2.75) is 56.3 Å². The zero-order valence-electron chi connectivity index (χ0n) is 15.2. The Morgan fingerprint density at radius 3 is 2.41 bits per heavy atom. The van der Waals surface area contributed by atoms with Crippen molar-refractivity contribution in [1.82, 2.24) is 4.98 Å². The number of rotatable bonds is 5. The normalized spacial score (nSPS) is 21.0. The first kappa shape index (κ1) is 18.1. The first-order valence-corrected chi connectivity index (χ1v) is 9.66. The molecule has 2 fully saturated rings. The number of benzene rings is 1. The molecule has 27 heavy (non-hydrogen) atoms. The van der Waals surface area contributed by atoms with E-state index in [1.54, 1.807) is 12.1 Å². The molecule has 2 aromatic rings. The number of carbonyl (C=O) groups is 1. The van der Waals surface area contributed by atoms with Crippen LogP contribution in [0, 0.1) is 5.92 Å². The third-order valence-electron chi connectivity index (χ3n) is 5.93. The Morgan fingerprint density at radius 1 is 1.07 bits per heavy atom. The van der Waals surface area contributed by atoms with Crippen molar-refractivity contribution in [3.8, 4) is 0 Å². The van der Waals surface area contributed by atoms with Gasteiger partial charge in [0.25, 0.3) is 0 Å². The number of amides is 1. The number of nitrogens with two attached hydrogens (primary N) is 1. The van der Waals surface area contributed by atoms with Gasteiger partial charge in [-0.25, -0.2) is 8.78 Å². The smallest absolute Gasteiger partial charge is 0.248 e. The summed E-state index contributed by atoms with van der Waals surface area (Å²) in [5.41, 5.74) is 8.97. The number of alkyl halides is 2. The average Bonchev–Trinajstić information content (AvgIpc) is 3.49. The number of nitrogens with zero attached hydrogens (tertiary/aromatic N) is 1. The number of primary amides is 1. The molecule has 5 heteroatoms. The van der Waals surface area contributed by atoms with Crippen LogP contribution in [-0.4, -0.2) is 16.8 Å². The van der Waals surface area contributed by atoms with E-state index >= 15 is 0 Å². The highest BCUT2D eigenvalue weighted by molar-refractivity contribution is 5.92. The number of pyridine rings is 1. The van der Waals surface area contributed by atoms with E-state index < -0.39 is 11.8 Å². The fraction of sp³-hybridized carbons (Fsp3) is 0.455. The van der Waals surface area contributed by atoms with Crippen LogP contribution in [0.2, 0.25) is 0 Å². The Labute approximate surface area is 158 Å². The molecule has 0 spiro atoms. The summed E-state index contributed by atoms with van der Waals surface area (Å²) in [6.45, 7) is 0. The van der Waals surface area contributed by atoms with Crippen LogP contribution in [0.15, 0.2) is 42.6 Å². The molecule has 2 N–H and O–H groups in total. The maximum Gasteiger partial charge on any atom is 0.248 e. The molecule has 1 aromatic carbocycles. The largest absolute Gasteiger partial charge is 0.366 e. The molecule has 3 nitrogen and oxygen atoms in total. The zero-order chi connectivity index (χ0) is 19.0. The lowest BCUT2D eigenvalue weighted by molar-refractivity contribution is -0.0473. The van der Waals surface area contributed by atoms with E-state index in [4.69, 9.17) is 5.73 Å². The van der Waals surface area contributed by atoms with Gasteiger partial charge in [-0.1, -0.05) is 18.2 Å². The van der Waals surface area contributed by atoms with Crippen LogP contribution in [0.4, 0.5) is 8.78 Å². The van der Waals surface area contributed by atoms with Crippen molar-refractivity contribution >= 4 is 5.91 Å². The molecule has 1 heterocycles. The van der Waals surface area contributed by atoms with Crippen molar-refractivity contribution in [1.29, 1.82) is 0 Å². The summed E-state index contributed by atoms with van der Waals surface area (Å²) in [5.74, 6) is -2.43. The predicted molar refractivity (Wildman–Crippen MR) is 99.9 cm³/mol. The van der Waals surface area contributed by atoms with Crippen LogP contribution < -0.4 is 5.73 Å². The van der Waals surface area contributed by atoms with E-state index in [0.29, 0.717) is 24.3 Å². The Kier molecular flexibility index (Phi) is 4.70. The lowest BCUT2D eigenvalue weighted by Gasteiger charge is -2.34. The Bertz CT molecular complexity index is 820. The number of aromatic nitrogens is 1. The summed E-state index contributed by atoms with van der Waals surface area (Å²) in [6, 6.07) is 11.4. The average molecular weight is 370 g/mol. The molecule has 142 valence electrons. The Morgan fingerprint density at radius 2 is 1.81 bits per heavy atom. The Balaban J connectivity index is 1.68. The van der Waals surface area contributed by atoms with E-state index in [-0.39, 0.29) is 24.7 Å². The van der Waals surface area contributed by atoms with Gasteiger partial charge in [0, 0.05) is 42.1 Å². The summed E-state index contributed by atoms with van der Waals surface area (Å²) >= 11 is 0. The molecular weight excluding hydrogens is 346 g/mol. The van der Waals surface area contributed by atoms with Crippen LogP contribution >= 0.6 is 0 Å². The summed E-state index contributed by atoms with van der Waals surface area (Å²) in [5, 5.41) is 0. The summed E-state index contributed by atoms with van der Waals surface area (Å²) in [4.78, 5) is 16.2. The minimum Gasteiger partial charge on any atom is -0.366 e. The lowest BCUT2D eigenvalue weighted by Crippen LogP contribution is -2.28. The highest BCUT2D eigenvalue weighted by atomic mass is 19.3. The summed E-state index contributed by atoms with van der Waals surface area (Å²) < 4.78 is 27.4. The van der Waals surface area contributed by atoms with Crippen LogP contribution in [0.5, 0.6) is 0 Å². The number of hydrogen-bond acceptors (Lipinski definition) is 2. The topological polar surface area (TPSA) is 56.0 Å². The molecule has 1 atom stereocenters. The molecule has 0 bridgehead atoms. The standard InChI is InChI=1S/C22H24F2N2O/c23-22(24)10-8-15(9-11-22)20(16-2-1-3-17(12-16)21(25)27)18-6-7-19(26-13-18)14-4-5-14/h1-3,6-7,12-15,20H,4-5,8-11H2,(H2,25,27). The van der Waals surface area contributed by atoms with Crippen molar-refractivity contribution in [2.24, 2.45) is 11.7 Å². The van der Waals surface area contributed by atoms with Gasteiger partial charge in [-0.2, -0.15) is 0 Å². The highest BCUT2D eigenvalue weighted by Crippen LogP contribution is 2.45. The van der Waals surface area contributed by atoms with Gasteiger partial charge in [-0.3, -0.25) is 9.78 Å². The van der Waals surface area contributed by atoms with E-state index in [2.05, 4.69) is 17.1 Å². The molecule has 0 saturated heterocycles. The second-order valence-corrected chi connectivity index (χ2v) is 7.95. The second kappa shape index (κ2) is 7.02. The molecule has 1 aromatic heterocycles. The van der Waals surface area contributed by atoms with Gasteiger partial charge in [0.2, 0.25) is 11.8 Å². The van der Waals surface area contributed by atoms with E-state index in [1.807, 2.05) is 18.3 Å². The molecule has 4 rings (SSSR count). The SMILES string of the molecule is NC(=O)c1cccc(C(c2ccc(C3CC3)nc2)C2CCC(F)(F)CC2)c1. The lowest BCUT2D eigenvalue weighted by atomic mass is 9.73. The molecule has 0 radical (unpaired) electrons. The van der Waals surface area contributed by atoms with Gasteiger partial charge in [0.1, 0.15) is 0 Å². The van der Waals surface area contributed by atoms with Crippen molar-refractivity contribution in [2.75, 3.05) is 0 Å². The maximum atomic E-state index is 13.7. The number of carbonyl (C=O) groups excluding carboxylic acids is 1. The molecule has 2 aliphatic carbocycles. The minimum absolute atomic E-state index is 0.0545. The van der Waals surface area contributed by atoms with Gasteiger partial charge < -0.3 is 5.73 Å². The quantitative estimate of drug-likeness (QED) is 0.804. The van der Waals surface area contributed by atoms with Gasteiger partial charge in [-0.05, 0) is 60.9 Å². The van der Waals surface area contributed by atoms with E-state index in [1.165, 1.54) is 12.8 Å². The van der Waals surface area contributed by atoms with Gasteiger partial charge >= 0.3 is 0 Å². The monoisotopic (exact) mass is 370 g/mol. The van der Waals surface area contributed by atoms with Crippen molar-refractivity contribution in [3.63, 3.8) is 0 Å². The highest BCUT2D eigenvalue weighted by Gasteiger charge is 2.38. The second-order valence-electron chi connectivity index (χ2n) is 7.95. The molecule has 0 aliphatic heterocycles. The summed E-state index contributed by atoms with van der Waals surface area (Å²) in [7, 11) is 0. The molecular formula is C22H24F2N2O. The molecule has 1 unspecified atom stereocenters. The van der Waals surface area contributed by atoms with Crippen molar-refractivity contribution in [3.05, 3.63) is 65.0 Å². The van der Waals surface area contributed by atoms with Crippen LogP contribution in [-0.2, 0) is 0 Å². The van der Waals surface area contributed by atoms with E-state index in [0.717, 1.165) is 16.8 Å². The van der Waals surface area contributed by atoms with Crippen LogP contribution in [0.1, 0.15) is 77.5 Å². The van der Waals surface area contributed by atoms with Crippen LogP contribution in [0.25, 0.3) is 0 Å². The van der Waals surface area contributed by atoms with Crippen LogP contribution in [0.3, 0.4) is 0 Å². The fourth-order valence-corrected chi connectivity index (χ4v) is 4.24. The van der Waals surface area contributed by atoms with E-state index in [9.17, 15) is 13.6 Å². The number of halogens is 2.